The molecule has 1 spiro atoms. The molecular weight excluding hydrogens is 370 g/mol. The maximum atomic E-state index is 13.2. The molecule has 7 heteroatoms. The van der Waals surface area contributed by atoms with Crippen LogP contribution < -0.4 is 15.8 Å². The summed E-state index contributed by atoms with van der Waals surface area (Å²) < 4.78 is 11.0. The Morgan fingerprint density at radius 1 is 1.21 bits per heavy atom. The molecule has 144 valence electrons. The molecule has 0 radical (unpaired) electrons. The first kappa shape index (κ1) is 18.3. The lowest BCUT2D eigenvalue weighted by atomic mass is 9.68. The zero-order valence-electron chi connectivity index (χ0n) is 15.6. The number of carbonyl (C=O) groups is 2. The Hall–Kier alpha value is -4.05. The number of esters is 1. The van der Waals surface area contributed by atoms with Gasteiger partial charge in [0.25, 0.3) is 0 Å². The molecule has 2 aliphatic rings. The molecule has 0 bridgehead atoms. The van der Waals surface area contributed by atoms with Gasteiger partial charge in [-0.2, -0.15) is 5.26 Å². The first-order valence-electron chi connectivity index (χ1n) is 8.91. The van der Waals surface area contributed by atoms with Crippen molar-refractivity contribution in [1.82, 2.24) is 5.32 Å². The van der Waals surface area contributed by atoms with E-state index in [4.69, 9.17) is 15.2 Å². The third kappa shape index (κ3) is 2.65. The van der Waals surface area contributed by atoms with Crippen LogP contribution >= 0.6 is 0 Å². The molecule has 0 fully saturated rings. The van der Waals surface area contributed by atoms with Crippen LogP contribution in [-0.4, -0.2) is 11.9 Å². The number of hydrogen-bond acceptors (Lipinski definition) is 6. The zero-order valence-corrected chi connectivity index (χ0v) is 15.6. The van der Waals surface area contributed by atoms with E-state index in [1.54, 1.807) is 31.2 Å². The van der Waals surface area contributed by atoms with Crippen LogP contribution in [0.15, 0.2) is 77.3 Å². The lowest BCUT2D eigenvalue weighted by Crippen LogP contribution is -2.46. The molecule has 0 saturated heterocycles. The number of nitriles is 1. The van der Waals surface area contributed by atoms with Crippen molar-refractivity contribution in [3.63, 3.8) is 0 Å². The molecule has 2 aliphatic heterocycles. The van der Waals surface area contributed by atoms with Crippen molar-refractivity contribution < 1.29 is 19.1 Å². The Morgan fingerprint density at radius 2 is 1.90 bits per heavy atom. The molecule has 29 heavy (non-hydrogen) atoms. The van der Waals surface area contributed by atoms with Crippen LogP contribution in [-0.2, 0) is 26.3 Å². The Bertz CT molecular complexity index is 1130. The number of nitrogens with one attached hydrogen (secondary N) is 1. The number of allylic oxidation sites excluding steroid dienone is 1. The first-order valence-corrected chi connectivity index (χ1v) is 8.91. The van der Waals surface area contributed by atoms with Crippen LogP contribution in [0.5, 0.6) is 5.75 Å². The van der Waals surface area contributed by atoms with Crippen molar-refractivity contribution in [2.24, 2.45) is 5.73 Å². The van der Waals surface area contributed by atoms with Crippen LogP contribution in [0.1, 0.15) is 18.1 Å². The predicted molar refractivity (Wildman–Crippen MR) is 103 cm³/mol. The maximum absolute atomic E-state index is 13.2. The average Bonchev–Trinajstić information content (AvgIpc) is 2.98. The number of rotatable bonds is 3. The fourth-order valence-corrected chi connectivity index (χ4v) is 3.81. The van der Waals surface area contributed by atoms with E-state index in [0.29, 0.717) is 17.0 Å². The summed E-state index contributed by atoms with van der Waals surface area (Å²) in [6.07, 6.45) is 0. The third-order valence-electron chi connectivity index (χ3n) is 5.05. The van der Waals surface area contributed by atoms with E-state index in [1.165, 1.54) is 0 Å². The number of nitrogens with two attached hydrogens (primary N) is 1. The average molecular weight is 387 g/mol. The van der Waals surface area contributed by atoms with E-state index in [0.717, 1.165) is 5.56 Å². The third-order valence-corrected chi connectivity index (χ3v) is 5.05. The van der Waals surface area contributed by atoms with Gasteiger partial charge in [0.15, 0.2) is 5.41 Å². The number of hydrogen-bond donors (Lipinski definition) is 2. The molecule has 1 atom stereocenters. The normalized spacial score (nSPS) is 20.1. The highest BCUT2D eigenvalue weighted by Crippen LogP contribution is 2.51. The van der Waals surface area contributed by atoms with E-state index >= 15 is 0 Å². The van der Waals surface area contributed by atoms with Crippen LogP contribution in [0.4, 0.5) is 0 Å². The van der Waals surface area contributed by atoms with E-state index in [-0.39, 0.29) is 23.6 Å². The van der Waals surface area contributed by atoms with Crippen molar-refractivity contribution in [2.75, 3.05) is 0 Å². The van der Waals surface area contributed by atoms with Crippen molar-refractivity contribution >= 4 is 11.9 Å². The Balaban J connectivity index is 1.84. The van der Waals surface area contributed by atoms with Gasteiger partial charge in [-0.1, -0.05) is 48.5 Å². The highest BCUT2D eigenvalue weighted by molar-refractivity contribution is 6.12. The van der Waals surface area contributed by atoms with Gasteiger partial charge in [0.2, 0.25) is 11.8 Å². The van der Waals surface area contributed by atoms with Crippen LogP contribution in [0.2, 0.25) is 0 Å². The van der Waals surface area contributed by atoms with Gasteiger partial charge in [-0.05, 0) is 18.6 Å². The van der Waals surface area contributed by atoms with Gasteiger partial charge in [0.1, 0.15) is 24.0 Å². The largest absolute Gasteiger partial charge is 0.457 e. The van der Waals surface area contributed by atoms with E-state index in [2.05, 4.69) is 5.32 Å². The SMILES string of the molecule is CC1=C(C(=O)OCc2ccccc2)[C@@]2(C(=O)N1)C(C#N)=C(N)Oc1ccccc12. The molecule has 7 nitrogen and oxygen atoms in total. The highest BCUT2D eigenvalue weighted by Gasteiger charge is 2.59. The number of para-hydroxylation sites is 1. The van der Waals surface area contributed by atoms with Gasteiger partial charge in [-0.25, -0.2) is 4.79 Å². The van der Waals surface area contributed by atoms with Crippen molar-refractivity contribution in [2.45, 2.75) is 18.9 Å². The second-order valence-corrected chi connectivity index (χ2v) is 6.72. The fourth-order valence-electron chi connectivity index (χ4n) is 3.81. The zero-order chi connectivity index (χ0) is 20.6. The summed E-state index contributed by atoms with van der Waals surface area (Å²) in [6, 6.07) is 17.8. The summed E-state index contributed by atoms with van der Waals surface area (Å²) >= 11 is 0. The second-order valence-electron chi connectivity index (χ2n) is 6.72. The standard InChI is InChI=1S/C22H17N3O4/c1-13-18(20(26)28-12-14-7-3-2-4-8-14)22(21(27)25-13)15-9-5-6-10-17(15)29-19(24)16(22)11-23/h2-10H,12,24H2,1H3,(H,25,27)/t22-/m0/s1. The van der Waals surface area contributed by atoms with E-state index < -0.39 is 17.3 Å². The number of carbonyl (C=O) groups excluding carboxylic acids is 2. The summed E-state index contributed by atoms with van der Waals surface area (Å²) in [7, 11) is 0. The predicted octanol–water partition coefficient (Wildman–Crippen LogP) is 2.16. The van der Waals surface area contributed by atoms with Crippen molar-refractivity contribution in [3.8, 4) is 11.8 Å². The minimum Gasteiger partial charge on any atom is -0.457 e. The first-order chi connectivity index (χ1) is 14.0. The molecule has 2 heterocycles. The fraction of sp³-hybridized carbons (Fsp3) is 0.136. The highest BCUT2D eigenvalue weighted by atomic mass is 16.5. The van der Waals surface area contributed by atoms with Crippen molar-refractivity contribution in [3.05, 3.63) is 88.5 Å². The molecule has 3 N–H and O–H groups in total. The topological polar surface area (TPSA) is 114 Å². The minimum absolute atomic E-state index is 0.0277. The molecule has 0 aliphatic carbocycles. The smallest absolute Gasteiger partial charge is 0.337 e. The van der Waals surface area contributed by atoms with Gasteiger partial charge >= 0.3 is 5.97 Å². The lowest BCUT2D eigenvalue weighted by Gasteiger charge is -2.34. The van der Waals surface area contributed by atoms with Crippen LogP contribution in [0.3, 0.4) is 0 Å². The molecule has 0 aromatic heterocycles. The number of nitrogens with zero attached hydrogens (tertiary/aromatic N) is 1. The molecular formula is C22H17N3O4. The molecule has 2 aromatic carbocycles. The van der Waals surface area contributed by atoms with Gasteiger partial charge in [-0.3, -0.25) is 4.79 Å². The maximum Gasteiger partial charge on any atom is 0.337 e. The summed E-state index contributed by atoms with van der Waals surface area (Å²) in [5, 5.41) is 12.5. The van der Waals surface area contributed by atoms with Crippen LogP contribution in [0.25, 0.3) is 0 Å². The second kappa shape index (κ2) is 6.84. The van der Waals surface area contributed by atoms with Gasteiger partial charge in [-0.15, -0.1) is 0 Å². The summed E-state index contributed by atoms with van der Waals surface area (Å²) in [6.45, 7) is 1.62. The van der Waals surface area contributed by atoms with Crippen molar-refractivity contribution in [1.29, 1.82) is 5.26 Å². The Morgan fingerprint density at radius 3 is 2.62 bits per heavy atom. The van der Waals surface area contributed by atoms with Gasteiger partial charge in [0.05, 0.1) is 5.57 Å². The van der Waals surface area contributed by atoms with Crippen LogP contribution in [0, 0.1) is 11.3 Å². The number of ether oxygens (including phenoxy) is 2. The Labute approximate surface area is 167 Å². The monoisotopic (exact) mass is 387 g/mol. The number of benzene rings is 2. The van der Waals surface area contributed by atoms with Gasteiger partial charge < -0.3 is 20.5 Å². The van der Waals surface area contributed by atoms with E-state index in [9.17, 15) is 14.9 Å². The summed E-state index contributed by atoms with van der Waals surface area (Å²) in [5.74, 6) is -1.16. The minimum atomic E-state index is -1.72. The number of fused-ring (bicyclic) bond motifs is 2. The summed E-state index contributed by atoms with van der Waals surface area (Å²) in [5.41, 5.74) is 5.63. The summed E-state index contributed by atoms with van der Waals surface area (Å²) in [4.78, 5) is 26.3. The molecule has 0 unspecified atom stereocenters. The molecule has 4 rings (SSSR count). The lowest BCUT2D eigenvalue weighted by molar-refractivity contribution is -0.141. The molecule has 1 amide bonds. The number of amides is 1. The van der Waals surface area contributed by atoms with E-state index in [1.807, 2.05) is 36.4 Å². The molecule has 2 aromatic rings. The van der Waals surface area contributed by atoms with Gasteiger partial charge in [0, 0.05) is 11.3 Å². The quantitative estimate of drug-likeness (QED) is 0.780. The molecule has 0 saturated carbocycles. The Kier molecular flexibility index (Phi) is 4.32.